The molecule has 6 heteroatoms. The predicted molar refractivity (Wildman–Crippen MR) is 77.3 cm³/mol. The van der Waals surface area contributed by atoms with Crippen LogP contribution in [0.5, 0.6) is 0 Å². The maximum absolute atomic E-state index is 8.77. The largest absolute Gasteiger partial charge is 0.368 e. The maximum Gasteiger partial charge on any atom is 0.205 e. The number of benzene rings is 1. The van der Waals surface area contributed by atoms with E-state index >= 15 is 0 Å². The van der Waals surface area contributed by atoms with Gasteiger partial charge in [-0.1, -0.05) is 11.3 Å². The molecule has 0 aliphatic heterocycles. The van der Waals surface area contributed by atoms with E-state index in [0.29, 0.717) is 12.1 Å². The summed E-state index contributed by atoms with van der Waals surface area (Å²) >= 11 is 1.56. The van der Waals surface area contributed by atoms with E-state index in [1.165, 1.54) is 0 Å². The van der Waals surface area contributed by atoms with E-state index in [2.05, 4.69) is 26.5 Å². The molecule has 1 heterocycles. The number of nitrogens with zero attached hydrogens (tertiary/aromatic N) is 4. The van der Waals surface area contributed by atoms with Crippen LogP contribution in [0.15, 0.2) is 24.3 Å². The van der Waals surface area contributed by atoms with Crippen molar-refractivity contribution in [1.29, 1.82) is 5.26 Å². The first-order valence-corrected chi connectivity index (χ1v) is 6.82. The van der Waals surface area contributed by atoms with Crippen molar-refractivity contribution in [3.63, 3.8) is 0 Å². The predicted octanol–water partition coefficient (Wildman–Crippen LogP) is 2.48. The standard InChI is InChI=1S/C13H15N5S/c1-3-15-13-17-16-12(19-13)9-18(2)11-6-4-10(8-14)5-7-11/h4-7H,3,9H2,1-2H3,(H,15,17). The maximum atomic E-state index is 8.77. The second-order valence-corrected chi connectivity index (χ2v) is 5.11. The van der Waals surface area contributed by atoms with Crippen molar-refractivity contribution in [2.75, 3.05) is 23.8 Å². The SMILES string of the molecule is CCNc1nnc(CN(C)c2ccc(C#N)cc2)s1. The third-order valence-corrected chi connectivity index (χ3v) is 3.47. The molecule has 2 rings (SSSR count). The van der Waals surface area contributed by atoms with Crippen LogP contribution in [0.25, 0.3) is 0 Å². The van der Waals surface area contributed by atoms with Gasteiger partial charge in [0.2, 0.25) is 5.13 Å². The Kier molecular flexibility index (Phi) is 4.31. The van der Waals surface area contributed by atoms with E-state index in [1.54, 1.807) is 11.3 Å². The van der Waals surface area contributed by atoms with Crippen LogP contribution in [0, 0.1) is 11.3 Å². The zero-order chi connectivity index (χ0) is 13.7. The van der Waals surface area contributed by atoms with Crippen LogP contribution >= 0.6 is 11.3 Å². The van der Waals surface area contributed by atoms with Gasteiger partial charge in [0.05, 0.1) is 18.2 Å². The highest BCUT2D eigenvalue weighted by Gasteiger charge is 2.07. The number of nitriles is 1. The minimum Gasteiger partial charge on any atom is -0.368 e. The summed E-state index contributed by atoms with van der Waals surface area (Å²) in [5.74, 6) is 0. The number of hydrogen-bond donors (Lipinski definition) is 1. The molecule has 1 aromatic carbocycles. The van der Waals surface area contributed by atoms with Crippen LogP contribution in [0.4, 0.5) is 10.8 Å². The zero-order valence-corrected chi connectivity index (χ0v) is 11.7. The lowest BCUT2D eigenvalue weighted by Crippen LogP contribution is -2.16. The van der Waals surface area contributed by atoms with E-state index in [0.717, 1.165) is 22.4 Å². The highest BCUT2D eigenvalue weighted by atomic mass is 32.1. The average Bonchev–Trinajstić information content (AvgIpc) is 2.86. The topological polar surface area (TPSA) is 64.8 Å². The summed E-state index contributed by atoms with van der Waals surface area (Å²) in [6.45, 7) is 3.58. The molecule has 0 amide bonds. The minimum atomic E-state index is 0.669. The smallest absolute Gasteiger partial charge is 0.205 e. The quantitative estimate of drug-likeness (QED) is 0.906. The number of hydrogen-bond acceptors (Lipinski definition) is 6. The summed E-state index contributed by atoms with van der Waals surface area (Å²) in [5.41, 5.74) is 1.72. The molecule has 0 saturated carbocycles. The van der Waals surface area contributed by atoms with Gasteiger partial charge in [-0.05, 0) is 31.2 Å². The summed E-state index contributed by atoms with van der Waals surface area (Å²) in [6, 6.07) is 9.61. The van der Waals surface area contributed by atoms with Crippen LogP contribution in [0.3, 0.4) is 0 Å². The zero-order valence-electron chi connectivity index (χ0n) is 10.9. The lowest BCUT2D eigenvalue weighted by Gasteiger charge is -2.17. The molecule has 0 aliphatic carbocycles. The summed E-state index contributed by atoms with van der Waals surface area (Å²) in [4.78, 5) is 2.08. The molecule has 0 atom stereocenters. The van der Waals surface area contributed by atoms with Gasteiger partial charge in [-0.3, -0.25) is 0 Å². The summed E-state index contributed by atoms with van der Waals surface area (Å²) in [7, 11) is 2.00. The Morgan fingerprint density at radius 1 is 1.32 bits per heavy atom. The van der Waals surface area contributed by atoms with Crippen LogP contribution in [0.1, 0.15) is 17.5 Å². The fourth-order valence-electron chi connectivity index (χ4n) is 1.62. The molecule has 1 N–H and O–H groups in total. The summed E-state index contributed by atoms with van der Waals surface area (Å²) in [5, 5.41) is 21.9. The van der Waals surface area contributed by atoms with Crippen molar-refractivity contribution in [2.24, 2.45) is 0 Å². The summed E-state index contributed by atoms with van der Waals surface area (Å²) in [6.07, 6.45) is 0. The van der Waals surface area contributed by atoms with E-state index in [4.69, 9.17) is 5.26 Å². The first-order chi connectivity index (χ1) is 9.22. The molecule has 0 radical (unpaired) electrons. The molecular formula is C13H15N5S. The van der Waals surface area contributed by atoms with Gasteiger partial charge in [0.25, 0.3) is 0 Å². The van der Waals surface area contributed by atoms with Gasteiger partial charge < -0.3 is 10.2 Å². The Bertz CT molecular complexity index is 569. The third-order valence-electron chi connectivity index (χ3n) is 2.60. The first-order valence-electron chi connectivity index (χ1n) is 6.00. The third kappa shape index (κ3) is 3.42. The lowest BCUT2D eigenvalue weighted by atomic mass is 10.2. The molecule has 98 valence electrons. The Morgan fingerprint density at radius 2 is 2.05 bits per heavy atom. The number of anilines is 2. The van der Waals surface area contributed by atoms with Gasteiger partial charge >= 0.3 is 0 Å². The Balaban J connectivity index is 2.02. The molecule has 5 nitrogen and oxygen atoms in total. The molecule has 0 bridgehead atoms. The van der Waals surface area contributed by atoms with Crippen LogP contribution in [-0.4, -0.2) is 23.8 Å². The van der Waals surface area contributed by atoms with Gasteiger partial charge in [-0.2, -0.15) is 5.26 Å². The molecule has 0 unspecified atom stereocenters. The molecule has 1 aromatic heterocycles. The highest BCUT2D eigenvalue weighted by Crippen LogP contribution is 2.20. The fourth-order valence-corrected chi connectivity index (χ4v) is 2.49. The molecule has 19 heavy (non-hydrogen) atoms. The number of nitrogens with one attached hydrogen (secondary N) is 1. The Labute approximate surface area is 116 Å². The first kappa shape index (κ1) is 13.3. The van der Waals surface area contributed by atoms with Crippen molar-refractivity contribution < 1.29 is 0 Å². The normalized spacial score (nSPS) is 9.95. The van der Waals surface area contributed by atoms with Gasteiger partial charge in [-0.15, -0.1) is 10.2 Å². The van der Waals surface area contributed by atoms with Gasteiger partial charge in [0, 0.05) is 19.3 Å². The summed E-state index contributed by atoms with van der Waals surface area (Å²) < 4.78 is 0. The van der Waals surface area contributed by atoms with Gasteiger partial charge in [0.1, 0.15) is 5.01 Å². The minimum absolute atomic E-state index is 0.669. The lowest BCUT2D eigenvalue weighted by molar-refractivity contribution is 0.880. The average molecular weight is 273 g/mol. The number of rotatable bonds is 5. The van der Waals surface area contributed by atoms with Crippen LogP contribution in [0.2, 0.25) is 0 Å². The Morgan fingerprint density at radius 3 is 2.68 bits per heavy atom. The second-order valence-electron chi connectivity index (χ2n) is 4.05. The molecule has 0 fully saturated rings. The van der Waals surface area contributed by atoms with Gasteiger partial charge in [0.15, 0.2) is 0 Å². The van der Waals surface area contributed by atoms with E-state index in [-0.39, 0.29) is 0 Å². The van der Waals surface area contributed by atoms with Gasteiger partial charge in [-0.25, -0.2) is 0 Å². The van der Waals surface area contributed by atoms with Crippen molar-refractivity contribution in [3.8, 4) is 6.07 Å². The number of aromatic nitrogens is 2. The van der Waals surface area contributed by atoms with E-state index in [1.807, 2.05) is 38.2 Å². The Hall–Kier alpha value is -2.13. The van der Waals surface area contributed by atoms with E-state index in [9.17, 15) is 0 Å². The van der Waals surface area contributed by atoms with Crippen LogP contribution < -0.4 is 10.2 Å². The monoisotopic (exact) mass is 273 g/mol. The van der Waals surface area contributed by atoms with E-state index < -0.39 is 0 Å². The van der Waals surface area contributed by atoms with Crippen molar-refractivity contribution in [2.45, 2.75) is 13.5 Å². The fraction of sp³-hybridized carbons (Fsp3) is 0.308. The second kappa shape index (κ2) is 6.16. The molecule has 0 saturated heterocycles. The molecule has 0 spiro atoms. The molecular weight excluding hydrogens is 258 g/mol. The molecule has 2 aromatic rings. The van der Waals surface area contributed by atoms with Crippen LogP contribution in [-0.2, 0) is 6.54 Å². The highest BCUT2D eigenvalue weighted by molar-refractivity contribution is 7.15. The van der Waals surface area contributed by atoms with Crippen molar-refractivity contribution in [1.82, 2.24) is 10.2 Å². The molecule has 0 aliphatic rings. The van der Waals surface area contributed by atoms with Crippen molar-refractivity contribution in [3.05, 3.63) is 34.8 Å². The van der Waals surface area contributed by atoms with Crippen molar-refractivity contribution >= 4 is 22.2 Å².